The number of amides is 1. The van der Waals surface area contributed by atoms with Crippen LogP contribution >= 0.6 is 0 Å². The summed E-state index contributed by atoms with van der Waals surface area (Å²) in [5.74, 6) is 0.692. The first-order valence-electron chi connectivity index (χ1n) is 8.09. The van der Waals surface area contributed by atoms with E-state index in [1.165, 1.54) is 11.1 Å². The van der Waals surface area contributed by atoms with Crippen molar-refractivity contribution in [1.29, 1.82) is 0 Å². The summed E-state index contributed by atoms with van der Waals surface area (Å²) in [5.41, 5.74) is 6.76. The number of aryl methyl sites for hydroxylation is 1. The SMILES string of the molecule is Cc1cc(N(C)C)ccc1C1CC(=O)Nc2n[nH]c(C3=CC=C3)c21. The molecule has 1 aliphatic heterocycles. The van der Waals surface area contributed by atoms with Crippen molar-refractivity contribution in [3.8, 4) is 0 Å². The number of nitrogens with one attached hydrogen (secondary N) is 2. The number of carbonyl (C=O) groups is 1. The van der Waals surface area contributed by atoms with Gasteiger partial charge in [0.05, 0.1) is 5.69 Å². The summed E-state index contributed by atoms with van der Waals surface area (Å²) in [6.07, 6.45) is 6.57. The highest BCUT2D eigenvalue weighted by Crippen LogP contribution is 2.42. The number of aromatic amines is 1. The van der Waals surface area contributed by atoms with Gasteiger partial charge in [-0.3, -0.25) is 9.89 Å². The number of anilines is 2. The fourth-order valence-electron chi connectivity index (χ4n) is 3.43. The minimum atomic E-state index is 0.0137. The Hall–Kier alpha value is -2.82. The standard InChI is InChI=1S/C19H20N4O/c1-11-9-13(23(2)3)7-8-14(11)15-10-16(24)20-19-17(15)18(21-22-19)12-5-4-6-12/h4-9,15H,10H2,1-3H3,(H2,20,21,22,24). The molecule has 1 unspecified atom stereocenters. The van der Waals surface area contributed by atoms with E-state index in [9.17, 15) is 4.79 Å². The number of carbonyl (C=O) groups excluding carboxylic acids is 1. The van der Waals surface area contributed by atoms with Crippen molar-refractivity contribution in [2.75, 3.05) is 24.3 Å². The summed E-state index contributed by atoms with van der Waals surface area (Å²) < 4.78 is 0. The second kappa shape index (κ2) is 5.37. The van der Waals surface area contributed by atoms with Crippen LogP contribution < -0.4 is 10.2 Å². The highest BCUT2D eigenvalue weighted by molar-refractivity contribution is 5.96. The van der Waals surface area contributed by atoms with E-state index in [4.69, 9.17) is 0 Å². The number of fused-ring (bicyclic) bond motifs is 1. The van der Waals surface area contributed by atoms with Crippen LogP contribution in [0.25, 0.3) is 5.57 Å². The van der Waals surface area contributed by atoms with Crippen LogP contribution in [0.5, 0.6) is 0 Å². The summed E-state index contributed by atoms with van der Waals surface area (Å²) in [6.45, 7) is 2.11. The Balaban J connectivity index is 1.82. The van der Waals surface area contributed by atoms with E-state index in [0.29, 0.717) is 12.2 Å². The molecule has 0 saturated carbocycles. The Morgan fingerprint density at radius 2 is 2.08 bits per heavy atom. The maximum absolute atomic E-state index is 12.2. The van der Waals surface area contributed by atoms with Crippen LogP contribution in [-0.4, -0.2) is 30.2 Å². The summed E-state index contributed by atoms with van der Waals surface area (Å²) in [6, 6.07) is 6.42. The number of hydrogen-bond donors (Lipinski definition) is 2. The van der Waals surface area contributed by atoms with E-state index in [1.54, 1.807) is 0 Å². The number of benzene rings is 1. The molecule has 0 bridgehead atoms. The first-order valence-corrected chi connectivity index (χ1v) is 8.09. The van der Waals surface area contributed by atoms with Crippen molar-refractivity contribution in [3.05, 3.63) is 58.8 Å². The lowest BCUT2D eigenvalue weighted by molar-refractivity contribution is -0.116. The zero-order valence-corrected chi connectivity index (χ0v) is 14.1. The van der Waals surface area contributed by atoms with Gasteiger partial charge < -0.3 is 10.2 Å². The molecule has 122 valence electrons. The summed E-state index contributed by atoms with van der Waals surface area (Å²) in [4.78, 5) is 14.2. The predicted molar refractivity (Wildman–Crippen MR) is 96.3 cm³/mol. The number of aromatic nitrogens is 2. The first kappa shape index (κ1) is 14.8. The van der Waals surface area contributed by atoms with Crippen molar-refractivity contribution < 1.29 is 4.79 Å². The van der Waals surface area contributed by atoms with Gasteiger partial charge in [-0.1, -0.05) is 24.3 Å². The zero-order chi connectivity index (χ0) is 16.8. The number of nitrogens with zero attached hydrogens (tertiary/aromatic N) is 2. The molecular formula is C19H20N4O. The van der Waals surface area contributed by atoms with Gasteiger partial charge >= 0.3 is 0 Å². The molecule has 2 aliphatic rings. The molecule has 2 N–H and O–H groups in total. The van der Waals surface area contributed by atoms with E-state index in [2.05, 4.69) is 57.7 Å². The molecule has 0 spiro atoms. The van der Waals surface area contributed by atoms with Gasteiger partial charge in [-0.15, -0.1) is 0 Å². The van der Waals surface area contributed by atoms with Crippen LogP contribution in [0.2, 0.25) is 0 Å². The third-order valence-corrected chi connectivity index (χ3v) is 4.79. The molecule has 24 heavy (non-hydrogen) atoms. The highest BCUT2D eigenvalue weighted by atomic mass is 16.1. The largest absolute Gasteiger partial charge is 0.378 e. The lowest BCUT2D eigenvalue weighted by Crippen LogP contribution is -2.24. The van der Waals surface area contributed by atoms with Gasteiger partial charge in [0.2, 0.25) is 5.91 Å². The van der Waals surface area contributed by atoms with Gasteiger partial charge in [0, 0.05) is 37.7 Å². The zero-order valence-electron chi connectivity index (χ0n) is 14.1. The Kier molecular flexibility index (Phi) is 3.30. The summed E-state index contributed by atoms with van der Waals surface area (Å²) in [7, 11) is 4.06. The van der Waals surface area contributed by atoms with Crippen molar-refractivity contribution in [3.63, 3.8) is 0 Å². The Labute approximate surface area is 141 Å². The molecular weight excluding hydrogens is 300 g/mol. The first-order chi connectivity index (χ1) is 11.5. The lowest BCUT2D eigenvalue weighted by atomic mass is 9.81. The smallest absolute Gasteiger partial charge is 0.226 e. The molecule has 0 radical (unpaired) electrons. The Morgan fingerprint density at radius 3 is 2.71 bits per heavy atom. The van der Waals surface area contributed by atoms with Crippen LogP contribution in [0, 0.1) is 6.92 Å². The van der Waals surface area contributed by atoms with Crippen molar-refractivity contribution in [2.24, 2.45) is 0 Å². The van der Waals surface area contributed by atoms with Gasteiger partial charge in [-0.25, -0.2) is 0 Å². The molecule has 1 atom stereocenters. The van der Waals surface area contributed by atoms with Gasteiger partial charge in [-0.2, -0.15) is 5.10 Å². The maximum Gasteiger partial charge on any atom is 0.226 e. The molecule has 5 heteroatoms. The fourth-order valence-corrected chi connectivity index (χ4v) is 3.43. The van der Waals surface area contributed by atoms with Crippen molar-refractivity contribution in [2.45, 2.75) is 19.3 Å². The van der Waals surface area contributed by atoms with Crippen LogP contribution in [0.1, 0.15) is 34.7 Å². The van der Waals surface area contributed by atoms with Gasteiger partial charge in [-0.05, 0) is 35.8 Å². The van der Waals surface area contributed by atoms with Crippen LogP contribution in [0.4, 0.5) is 11.5 Å². The third-order valence-electron chi connectivity index (χ3n) is 4.79. The molecule has 4 rings (SSSR count). The van der Waals surface area contributed by atoms with Gasteiger partial charge in [0.1, 0.15) is 0 Å². The van der Waals surface area contributed by atoms with E-state index in [-0.39, 0.29) is 11.8 Å². The summed E-state index contributed by atoms with van der Waals surface area (Å²) in [5, 5.41) is 10.3. The van der Waals surface area contributed by atoms with Crippen molar-refractivity contribution in [1.82, 2.24) is 10.2 Å². The monoisotopic (exact) mass is 320 g/mol. The average Bonchev–Trinajstić information content (AvgIpc) is 2.88. The maximum atomic E-state index is 12.2. The third kappa shape index (κ3) is 2.24. The molecule has 0 saturated heterocycles. The van der Waals surface area contributed by atoms with Crippen LogP contribution in [0.3, 0.4) is 0 Å². The number of rotatable bonds is 3. The number of hydrogen-bond acceptors (Lipinski definition) is 3. The Bertz CT molecular complexity index is 889. The second-order valence-electron chi connectivity index (χ2n) is 6.58. The molecule has 0 fully saturated rings. The fraction of sp³-hybridized carbons (Fsp3) is 0.263. The minimum absolute atomic E-state index is 0.0137. The topological polar surface area (TPSA) is 61.0 Å². The Morgan fingerprint density at radius 1 is 1.29 bits per heavy atom. The van der Waals surface area contributed by atoms with Gasteiger partial charge in [0.15, 0.2) is 5.82 Å². The van der Waals surface area contributed by atoms with Crippen molar-refractivity contribution >= 4 is 23.0 Å². The molecule has 1 aromatic carbocycles. The molecule has 1 amide bonds. The number of H-pyrrole nitrogens is 1. The van der Waals surface area contributed by atoms with E-state index in [1.807, 2.05) is 20.2 Å². The quantitative estimate of drug-likeness (QED) is 0.913. The molecule has 2 aromatic rings. The van der Waals surface area contributed by atoms with E-state index < -0.39 is 0 Å². The average molecular weight is 320 g/mol. The van der Waals surface area contributed by atoms with Crippen LogP contribution in [0.15, 0.2) is 36.4 Å². The molecule has 1 aromatic heterocycles. The van der Waals surface area contributed by atoms with E-state index >= 15 is 0 Å². The molecule has 1 aliphatic carbocycles. The summed E-state index contributed by atoms with van der Waals surface area (Å²) >= 11 is 0. The number of allylic oxidation sites excluding steroid dienone is 4. The van der Waals surface area contributed by atoms with Crippen LogP contribution in [-0.2, 0) is 4.79 Å². The normalized spacial score (nSPS) is 18.5. The van der Waals surface area contributed by atoms with Gasteiger partial charge in [0.25, 0.3) is 0 Å². The molecule has 2 heterocycles. The highest BCUT2D eigenvalue weighted by Gasteiger charge is 2.33. The molecule has 5 nitrogen and oxygen atoms in total. The predicted octanol–water partition coefficient (Wildman–Crippen LogP) is 3.21. The second-order valence-corrected chi connectivity index (χ2v) is 6.58. The lowest BCUT2D eigenvalue weighted by Gasteiger charge is -2.26. The minimum Gasteiger partial charge on any atom is -0.378 e. The van der Waals surface area contributed by atoms with E-state index in [0.717, 1.165) is 22.5 Å².